The number of rotatable bonds is 1. The predicted molar refractivity (Wildman–Crippen MR) is 50.4 cm³/mol. The van der Waals surface area contributed by atoms with Gasteiger partial charge in [-0.2, -0.15) is 5.10 Å². The highest BCUT2D eigenvalue weighted by molar-refractivity contribution is 9.10. The van der Waals surface area contributed by atoms with E-state index in [0.717, 1.165) is 12.1 Å². The van der Waals surface area contributed by atoms with Gasteiger partial charge < -0.3 is 0 Å². The van der Waals surface area contributed by atoms with Crippen molar-refractivity contribution < 1.29 is 9.31 Å². The normalized spacial score (nSPS) is 10.7. The molecular formula is C7H3BrFN3O2. The monoisotopic (exact) mass is 259 g/mol. The molecule has 2 aromatic rings. The summed E-state index contributed by atoms with van der Waals surface area (Å²) in [6, 6.07) is 2.13. The molecule has 2 rings (SSSR count). The summed E-state index contributed by atoms with van der Waals surface area (Å²) in [5.41, 5.74) is -0.203. The van der Waals surface area contributed by atoms with Crippen LogP contribution in [-0.4, -0.2) is 15.1 Å². The number of H-pyrrole nitrogens is 1. The molecule has 0 spiro atoms. The summed E-state index contributed by atoms with van der Waals surface area (Å²) in [4.78, 5) is 9.95. The Morgan fingerprint density at radius 1 is 1.57 bits per heavy atom. The van der Waals surface area contributed by atoms with Crippen LogP contribution in [0.3, 0.4) is 0 Å². The molecule has 1 aromatic carbocycles. The number of nitro benzene ring substituents is 1. The van der Waals surface area contributed by atoms with Crippen LogP contribution in [0, 0.1) is 15.9 Å². The molecule has 14 heavy (non-hydrogen) atoms. The highest BCUT2D eigenvalue weighted by atomic mass is 79.9. The van der Waals surface area contributed by atoms with Crippen LogP contribution in [0.15, 0.2) is 16.7 Å². The highest BCUT2D eigenvalue weighted by Gasteiger charge is 2.19. The first kappa shape index (κ1) is 9.07. The summed E-state index contributed by atoms with van der Waals surface area (Å²) in [5, 5.41) is 16.7. The smallest absolute Gasteiger partial charge is 0.270 e. The van der Waals surface area contributed by atoms with Gasteiger partial charge in [-0.25, -0.2) is 4.39 Å². The van der Waals surface area contributed by atoms with Gasteiger partial charge in [-0.15, -0.1) is 0 Å². The van der Waals surface area contributed by atoms with E-state index < -0.39 is 10.7 Å². The van der Waals surface area contributed by atoms with Crippen LogP contribution in [0.25, 0.3) is 10.9 Å². The number of nitrogens with zero attached hydrogens (tertiary/aromatic N) is 2. The Labute approximate surface area is 85.2 Å². The molecule has 0 saturated carbocycles. The van der Waals surface area contributed by atoms with Gasteiger partial charge in [0, 0.05) is 6.07 Å². The number of fused-ring (bicyclic) bond motifs is 1. The second-order valence-electron chi connectivity index (χ2n) is 2.58. The van der Waals surface area contributed by atoms with Crippen LogP contribution in [0.2, 0.25) is 0 Å². The quantitative estimate of drug-likeness (QED) is 0.631. The van der Waals surface area contributed by atoms with Crippen LogP contribution in [0.4, 0.5) is 10.1 Å². The summed E-state index contributed by atoms with van der Waals surface area (Å²) >= 11 is 3.02. The Bertz CT molecular complexity index is 525. The van der Waals surface area contributed by atoms with Gasteiger partial charge in [0.05, 0.1) is 10.3 Å². The standard InChI is InChI=1S/C7H3BrFN3O2/c8-7-5-3(9)1-2-4(12(13)14)6(5)10-11-7/h1-2H,(H,10,11). The van der Waals surface area contributed by atoms with Crippen molar-refractivity contribution >= 4 is 32.5 Å². The van der Waals surface area contributed by atoms with E-state index in [4.69, 9.17) is 0 Å². The Balaban J connectivity index is 2.90. The molecule has 1 aromatic heterocycles. The second-order valence-corrected chi connectivity index (χ2v) is 3.38. The number of hydrogen-bond donors (Lipinski definition) is 1. The fourth-order valence-electron chi connectivity index (χ4n) is 1.19. The fraction of sp³-hybridized carbons (Fsp3) is 0. The van der Waals surface area contributed by atoms with Crippen LogP contribution in [0.1, 0.15) is 0 Å². The van der Waals surface area contributed by atoms with Crippen molar-refractivity contribution in [2.45, 2.75) is 0 Å². The molecular weight excluding hydrogens is 257 g/mol. The van der Waals surface area contributed by atoms with Crippen molar-refractivity contribution in [3.8, 4) is 0 Å². The average Bonchev–Trinajstić information content (AvgIpc) is 2.49. The number of halogens is 2. The maximum atomic E-state index is 13.2. The van der Waals surface area contributed by atoms with Crippen LogP contribution < -0.4 is 0 Å². The molecule has 72 valence electrons. The largest absolute Gasteiger partial charge is 0.297 e. The lowest BCUT2D eigenvalue weighted by molar-refractivity contribution is -0.383. The number of aromatic nitrogens is 2. The molecule has 0 fully saturated rings. The van der Waals surface area contributed by atoms with Crippen molar-refractivity contribution in [2.24, 2.45) is 0 Å². The summed E-state index contributed by atoms with van der Waals surface area (Å²) in [6.45, 7) is 0. The van der Waals surface area contributed by atoms with Crippen molar-refractivity contribution in [1.29, 1.82) is 0 Å². The molecule has 0 aliphatic heterocycles. The lowest BCUT2D eigenvalue weighted by Crippen LogP contribution is -1.90. The Morgan fingerprint density at radius 2 is 2.29 bits per heavy atom. The average molecular weight is 260 g/mol. The second kappa shape index (κ2) is 3.02. The van der Waals surface area contributed by atoms with E-state index in [1.54, 1.807) is 0 Å². The number of nitro groups is 1. The Kier molecular flexibility index (Phi) is 1.95. The van der Waals surface area contributed by atoms with Gasteiger partial charge in [-0.05, 0) is 22.0 Å². The van der Waals surface area contributed by atoms with E-state index in [-0.39, 0.29) is 16.6 Å². The first-order valence-corrected chi connectivity index (χ1v) is 4.37. The molecule has 7 heteroatoms. The number of hydrogen-bond acceptors (Lipinski definition) is 3. The zero-order valence-corrected chi connectivity index (χ0v) is 8.21. The summed E-state index contributed by atoms with van der Waals surface area (Å²) in [7, 11) is 0. The number of nitrogens with one attached hydrogen (secondary N) is 1. The molecule has 1 N–H and O–H groups in total. The summed E-state index contributed by atoms with van der Waals surface area (Å²) in [5.74, 6) is -0.550. The van der Waals surface area contributed by atoms with Crippen molar-refractivity contribution in [3.63, 3.8) is 0 Å². The first-order chi connectivity index (χ1) is 6.61. The summed E-state index contributed by atoms with van der Waals surface area (Å²) < 4.78 is 13.5. The predicted octanol–water partition coefficient (Wildman–Crippen LogP) is 2.37. The van der Waals surface area contributed by atoms with Gasteiger partial charge in [0.25, 0.3) is 5.69 Å². The molecule has 0 aliphatic carbocycles. The fourth-order valence-corrected chi connectivity index (χ4v) is 1.65. The van der Waals surface area contributed by atoms with Crippen LogP contribution in [-0.2, 0) is 0 Å². The highest BCUT2D eigenvalue weighted by Crippen LogP contribution is 2.30. The summed E-state index contributed by atoms with van der Waals surface area (Å²) in [6.07, 6.45) is 0. The van der Waals surface area contributed by atoms with Crippen molar-refractivity contribution in [3.05, 3.63) is 32.7 Å². The molecule has 5 nitrogen and oxygen atoms in total. The first-order valence-electron chi connectivity index (χ1n) is 3.57. The van der Waals surface area contributed by atoms with Gasteiger partial charge in [0.2, 0.25) is 0 Å². The molecule has 0 unspecified atom stereocenters. The Morgan fingerprint density at radius 3 is 2.93 bits per heavy atom. The molecule has 0 amide bonds. The van der Waals surface area contributed by atoms with E-state index >= 15 is 0 Å². The maximum absolute atomic E-state index is 13.2. The molecule has 0 aliphatic rings. The SMILES string of the molecule is O=[N+]([O-])c1ccc(F)c2c(Br)[nH]nc12. The third-order valence-electron chi connectivity index (χ3n) is 1.79. The molecule has 0 radical (unpaired) electrons. The van der Waals surface area contributed by atoms with E-state index in [1.807, 2.05) is 0 Å². The third-order valence-corrected chi connectivity index (χ3v) is 2.36. The molecule has 0 bridgehead atoms. The zero-order valence-electron chi connectivity index (χ0n) is 6.62. The van der Waals surface area contributed by atoms with E-state index in [0.29, 0.717) is 4.60 Å². The number of benzene rings is 1. The minimum Gasteiger partial charge on any atom is -0.270 e. The van der Waals surface area contributed by atoms with E-state index in [2.05, 4.69) is 26.1 Å². The van der Waals surface area contributed by atoms with E-state index in [1.165, 1.54) is 0 Å². The van der Waals surface area contributed by atoms with Gasteiger partial charge in [-0.1, -0.05) is 0 Å². The van der Waals surface area contributed by atoms with Gasteiger partial charge >= 0.3 is 0 Å². The van der Waals surface area contributed by atoms with Gasteiger partial charge in [-0.3, -0.25) is 15.2 Å². The minimum atomic E-state index is -0.602. The number of non-ortho nitro benzene ring substituents is 1. The van der Waals surface area contributed by atoms with Gasteiger partial charge in [0.1, 0.15) is 10.4 Å². The topological polar surface area (TPSA) is 71.8 Å². The molecule has 0 saturated heterocycles. The van der Waals surface area contributed by atoms with Gasteiger partial charge in [0.15, 0.2) is 5.52 Å². The third kappa shape index (κ3) is 1.17. The molecule has 0 atom stereocenters. The maximum Gasteiger partial charge on any atom is 0.297 e. The lowest BCUT2D eigenvalue weighted by atomic mass is 10.2. The zero-order chi connectivity index (χ0) is 10.3. The molecule has 1 heterocycles. The minimum absolute atomic E-state index is 0.0156. The van der Waals surface area contributed by atoms with Crippen LogP contribution in [0.5, 0.6) is 0 Å². The van der Waals surface area contributed by atoms with E-state index in [9.17, 15) is 14.5 Å². The lowest BCUT2D eigenvalue weighted by Gasteiger charge is -1.93. The van der Waals surface area contributed by atoms with Crippen molar-refractivity contribution in [2.75, 3.05) is 0 Å². The van der Waals surface area contributed by atoms with Crippen LogP contribution >= 0.6 is 15.9 Å². The van der Waals surface area contributed by atoms with Crippen molar-refractivity contribution in [1.82, 2.24) is 10.2 Å². The number of aromatic amines is 1. The Hall–Kier alpha value is -1.50.